The molecule has 1 heterocycles. The number of esters is 1. The zero-order valence-electron chi connectivity index (χ0n) is 16.0. The third kappa shape index (κ3) is 5.27. The number of carbonyl (C=O) groups is 2. The van der Waals surface area contributed by atoms with Gasteiger partial charge in [-0.2, -0.15) is 0 Å². The van der Waals surface area contributed by atoms with Crippen molar-refractivity contribution < 1.29 is 27.6 Å². The van der Waals surface area contributed by atoms with Crippen LogP contribution in [0.5, 0.6) is 0 Å². The van der Waals surface area contributed by atoms with Crippen LogP contribution in [0.1, 0.15) is 30.6 Å². The van der Waals surface area contributed by atoms with E-state index in [-0.39, 0.29) is 23.0 Å². The number of benzene rings is 1. The number of likely N-dealkylation sites (tertiary alicyclic amines) is 1. The molecule has 8 nitrogen and oxygen atoms in total. The van der Waals surface area contributed by atoms with E-state index in [4.69, 9.17) is 9.57 Å². The molecule has 0 aliphatic carbocycles. The Bertz CT molecular complexity index is 785. The molecular formula is C18H26N2O6S. The molecule has 2 rings (SSSR count). The summed E-state index contributed by atoms with van der Waals surface area (Å²) in [5, 5.41) is 0. The molecule has 2 atom stereocenters. The molecule has 1 amide bonds. The SMILES string of the molecule is CON(C)S(=O)(=O)c1cccc(C(=O)OCC(=O)N2C[C@H](C)C[C@@H](C)C2)c1. The number of amides is 1. The van der Waals surface area contributed by atoms with Gasteiger partial charge in [-0.1, -0.05) is 24.4 Å². The fourth-order valence-corrected chi connectivity index (χ4v) is 4.22. The van der Waals surface area contributed by atoms with E-state index in [9.17, 15) is 18.0 Å². The highest BCUT2D eigenvalue weighted by molar-refractivity contribution is 7.89. The van der Waals surface area contributed by atoms with Crippen LogP contribution in [-0.4, -0.2) is 63.5 Å². The van der Waals surface area contributed by atoms with Crippen molar-refractivity contribution in [2.75, 3.05) is 33.9 Å². The number of hydrogen-bond acceptors (Lipinski definition) is 6. The van der Waals surface area contributed by atoms with E-state index in [2.05, 4.69) is 13.8 Å². The summed E-state index contributed by atoms with van der Waals surface area (Å²) in [4.78, 5) is 30.9. The molecule has 0 spiro atoms. The van der Waals surface area contributed by atoms with E-state index >= 15 is 0 Å². The van der Waals surface area contributed by atoms with Gasteiger partial charge < -0.3 is 9.64 Å². The average Bonchev–Trinajstić information content (AvgIpc) is 2.64. The first-order valence-electron chi connectivity index (χ1n) is 8.73. The molecule has 27 heavy (non-hydrogen) atoms. The number of ether oxygens (including phenoxy) is 1. The Labute approximate surface area is 160 Å². The quantitative estimate of drug-likeness (QED) is 0.533. The van der Waals surface area contributed by atoms with E-state index in [0.29, 0.717) is 29.4 Å². The summed E-state index contributed by atoms with van der Waals surface area (Å²) in [6.45, 7) is 5.11. The van der Waals surface area contributed by atoms with Crippen LogP contribution < -0.4 is 0 Å². The second-order valence-electron chi connectivity index (χ2n) is 6.95. The highest BCUT2D eigenvalue weighted by Crippen LogP contribution is 2.21. The molecule has 0 unspecified atom stereocenters. The largest absolute Gasteiger partial charge is 0.452 e. The summed E-state index contributed by atoms with van der Waals surface area (Å²) >= 11 is 0. The Morgan fingerprint density at radius 3 is 2.44 bits per heavy atom. The van der Waals surface area contributed by atoms with Crippen molar-refractivity contribution in [3.8, 4) is 0 Å². The summed E-state index contributed by atoms with van der Waals surface area (Å²) in [5.74, 6) is -0.177. The standard InChI is InChI=1S/C18H26N2O6S/c1-13-8-14(2)11-20(10-13)17(21)12-26-18(22)15-6-5-7-16(9-15)27(23,24)19(3)25-4/h5-7,9,13-14H,8,10-12H2,1-4H3/t13-,14-/m1/s1. The van der Waals surface area contributed by atoms with Gasteiger partial charge in [-0.15, -0.1) is 0 Å². The minimum Gasteiger partial charge on any atom is -0.452 e. The van der Waals surface area contributed by atoms with Crippen LogP contribution in [-0.2, 0) is 24.4 Å². The van der Waals surface area contributed by atoms with Crippen LogP contribution >= 0.6 is 0 Å². The predicted molar refractivity (Wildman–Crippen MR) is 98.2 cm³/mol. The van der Waals surface area contributed by atoms with Crippen molar-refractivity contribution >= 4 is 21.9 Å². The number of piperidine rings is 1. The first-order valence-corrected chi connectivity index (χ1v) is 10.2. The minimum absolute atomic E-state index is 0.0498. The van der Waals surface area contributed by atoms with Gasteiger partial charge in [-0.05, 0) is 36.5 Å². The molecule has 0 N–H and O–H groups in total. The summed E-state index contributed by atoms with van der Waals surface area (Å²) in [5.41, 5.74) is 0.0498. The van der Waals surface area contributed by atoms with Gasteiger partial charge in [-0.25, -0.2) is 13.2 Å². The summed E-state index contributed by atoms with van der Waals surface area (Å²) < 4.78 is 30.3. The number of nitrogens with zero attached hydrogens (tertiary/aromatic N) is 2. The smallest absolute Gasteiger partial charge is 0.338 e. The number of sulfonamides is 1. The maximum absolute atomic E-state index is 12.3. The molecule has 150 valence electrons. The summed E-state index contributed by atoms with van der Waals surface area (Å²) in [7, 11) is -1.40. The van der Waals surface area contributed by atoms with Gasteiger partial charge in [0.05, 0.1) is 17.6 Å². The maximum Gasteiger partial charge on any atom is 0.338 e. The zero-order valence-corrected chi connectivity index (χ0v) is 16.9. The first-order chi connectivity index (χ1) is 12.6. The van der Waals surface area contributed by atoms with Crippen LogP contribution in [0.3, 0.4) is 0 Å². The van der Waals surface area contributed by atoms with E-state index in [1.807, 2.05) is 0 Å². The fourth-order valence-electron chi connectivity index (χ4n) is 3.20. The summed E-state index contributed by atoms with van der Waals surface area (Å²) in [6.07, 6.45) is 1.07. The normalized spacial score (nSPS) is 20.6. The highest BCUT2D eigenvalue weighted by Gasteiger charge is 2.26. The van der Waals surface area contributed by atoms with Crippen molar-refractivity contribution in [2.45, 2.75) is 25.2 Å². The van der Waals surface area contributed by atoms with E-state index in [1.54, 1.807) is 4.90 Å². The summed E-state index contributed by atoms with van der Waals surface area (Å²) in [6, 6.07) is 5.42. The number of carbonyl (C=O) groups excluding carboxylic acids is 2. The first kappa shape index (κ1) is 21.3. The molecule has 1 aliphatic heterocycles. The van der Waals surface area contributed by atoms with E-state index < -0.39 is 16.0 Å². The monoisotopic (exact) mass is 398 g/mol. The van der Waals surface area contributed by atoms with Gasteiger partial charge in [0.25, 0.3) is 15.9 Å². The Morgan fingerprint density at radius 2 is 1.85 bits per heavy atom. The lowest BCUT2D eigenvalue weighted by molar-refractivity contribution is -0.137. The number of rotatable bonds is 6. The van der Waals surface area contributed by atoms with Gasteiger partial charge in [0.2, 0.25) is 0 Å². The Kier molecular flexibility index (Phi) is 6.96. The lowest BCUT2D eigenvalue weighted by Gasteiger charge is -2.34. The highest BCUT2D eigenvalue weighted by atomic mass is 32.2. The molecule has 0 bridgehead atoms. The molecule has 0 saturated carbocycles. The van der Waals surface area contributed by atoms with Crippen molar-refractivity contribution in [1.82, 2.24) is 9.37 Å². The Morgan fingerprint density at radius 1 is 1.22 bits per heavy atom. The van der Waals surface area contributed by atoms with Crippen LogP contribution in [0.2, 0.25) is 0 Å². The van der Waals surface area contributed by atoms with Gasteiger partial charge in [0, 0.05) is 20.1 Å². The third-order valence-corrected chi connectivity index (χ3v) is 6.19. The lowest BCUT2D eigenvalue weighted by atomic mass is 9.92. The van der Waals surface area contributed by atoms with Gasteiger partial charge >= 0.3 is 5.97 Å². The lowest BCUT2D eigenvalue weighted by Crippen LogP contribution is -2.44. The van der Waals surface area contributed by atoms with Gasteiger partial charge in [0.1, 0.15) is 0 Å². The predicted octanol–water partition coefficient (Wildman–Crippen LogP) is 1.53. The topological polar surface area (TPSA) is 93.2 Å². The number of hydrogen-bond donors (Lipinski definition) is 0. The van der Waals surface area contributed by atoms with Gasteiger partial charge in [0.15, 0.2) is 6.61 Å². The van der Waals surface area contributed by atoms with Crippen molar-refractivity contribution in [3.63, 3.8) is 0 Å². The molecule has 1 fully saturated rings. The van der Waals surface area contributed by atoms with E-state index in [0.717, 1.165) is 6.42 Å². The van der Waals surface area contributed by atoms with Crippen molar-refractivity contribution in [2.24, 2.45) is 11.8 Å². The molecule has 1 aromatic rings. The maximum atomic E-state index is 12.3. The van der Waals surface area contributed by atoms with Crippen molar-refractivity contribution in [3.05, 3.63) is 29.8 Å². The molecule has 1 saturated heterocycles. The van der Waals surface area contributed by atoms with Crippen molar-refractivity contribution in [1.29, 1.82) is 0 Å². The zero-order chi connectivity index (χ0) is 20.2. The molecular weight excluding hydrogens is 372 g/mol. The van der Waals surface area contributed by atoms with Crippen LogP contribution in [0.15, 0.2) is 29.2 Å². The van der Waals surface area contributed by atoms with E-state index in [1.165, 1.54) is 38.4 Å². The molecule has 9 heteroatoms. The average molecular weight is 398 g/mol. The number of hydroxylamine groups is 1. The fraction of sp³-hybridized carbons (Fsp3) is 0.556. The van der Waals surface area contributed by atoms with Crippen LogP contribution in [0.4, 0.5) is 0 Å². The Balaban J connectivity index is 2.02. The van der Waals surface area contributed by atoms with Crippen LogP contribution in [0, 0.1) is 11.8 Å². The molecule has 1 aromatic carbocycles. The Hall–Kier alpha value is -1.97. The molecule has 0 radical (unpaired) electrons. The second kappa shape index (κ2) is 8.81. The third-order valence-electron chi connectivity index (χ3n) is 4.51. The van der Waals surface area contributed by atoms with Crippen LogP contribution in [0.25, 0.3) is 0 Å². The molecule has 1 aliphatic rings. The minimum atomic E-state index is -3.88. The second-order valence-corrected chi connectivity index (χ2v) is 8.88. The molecule has 0 aromatic heterocycles. The van der Waals surface area contributed by atoms with Gasteiger partial charge in [-0.3, -0.25) is 9.63 Å².